The molecule has 0 N–H and O–H groups in total. The molecule has 0 bridgehead atoms. The van der Waals surface area contributed by atoms with Gasteiger partial charge in [-0.15, -0.1) is 0 Å². The Morgan fingerprint density at radius 3 is 2.76 bits per heavy atom. The molecule has 1 saturated heterocycles. The van der Waals surface area contributed by atoms with Crippen molar-refractivity contribution in [2.75, 3.05) is 13.1 Å². The minimum Gasteiger partial charge on any atom is -0.343 e. The second-order valence-electron chi connectivity index (χ2n) is 7.58. The van der Waals surface area contributed by atoms with Crippen LogP contribution in [0, 0.1) is 6.92 Å². The van der Waals surface area contributed by atoms with Gasteiger partial charge in [-0.25, -0.2) is 13.8 Å². The number of aryl methyl sites for hydroxylation is 1. The minimum absolute atomic E-state index is 0.00916. The first-order valence-corrected chi connectivity index (χ1v) is 9.76. The lowest BCUT2D eigenvalue weighted by Gasteiger charge is -2.32. The Kier molecular flexibility index (Phi) is 5.29. The monoisotopic (exact) mass is 403 g/mol. The first-order valence-electron chi connectivity index (χ1n) is 9.76. The minimum atomic E-state index is -2.62. The van der Waals surface area contributed by atoms with Crippen molar-refractivity contribution in [2.24, 2.45) is 0 Å². The number of fused-ring (bicyclic) bond motifs is 1. The fourth-order valence-electron chi connectivity index (χ4n) is 3.97. The van der Waals surface area contributed by atoms with Crippen LogP contribution in [-0.2, 0) is 4.79 Å². The lowest BCUT2D eigenvalue weighted by molar-refractivity contribution is -0.133. The van der Waals surface area contributed by atoms with Gasteiger partial charge >= 0.3 is 0 Å². The Morgan fingerprint density at radius 1 is 1.34 bits per heavy atom. The molecule has 0 aliphatic carbocycles. The molecular formula is C20H23F2N5O2. The number of amides is 1. The molecule has 4 heterocycles. The smallest absolute Gasteiger partial charge is 0.264 e. The number of nitrogens with zero attached hydrogens (tertiary/aromatic N) is 5. The van der Waals surface area contributed by atoms with E-state index in [0.29, 0.717) is 49.1 Å². The Morgan fingerprint density at radius 2 is 2.10 bits per heavy atom. The summed E-state index contributed by atoms with van der Waals surface area (Å²) in [6, 6.07) is 3.29. The van der Waals surface area contributed by atoms with Gasteiger partial charge in [-0.3, -0.25) is 9.48 Å². The van der Waals surface area contributed by atoms with Crippen molar-refractivity contribution in [1.82, 2.24) is 24.8 Å². The number of halogens is 2. The molecule has 1 atom stereocenters. The summed E-state index contributed by atoms with van der Waals surface area (Å²) in [4.78, 5) is 18.9. The first kappa shape index (κ1) is 19.5. The van der Waals surface area contributed by atoms with Gasteiger partial charge in [0.2, 0.25) is 5.91 Å². The largest absolute Gasteiger partial charge is 0.343 e. The zero-order valence-electron chi connectivity index (χ0n) is 16.4. The number of carbonyl (C=O) groups is 1. The van der Waals surface area contributed by atoms with Crippen molar-refractivity contribution in [3.63, 3.8) is 0 Å². The van der Waals surface area contributed by atoms with E-state index in [0.717, 1.165) is 0 Å². The highest BCUT2D eigenvalue weighted by molar-refractivity contribution is 5.80. The van der Waals surface area contributed by atoms with E-state index >= 15 is 0 Å². The van der Waals surface area contributed by atoms with E-state index in [9.17, 15) is 13.6 Å². The van der Waals surface area contributed by atoms with Crippen LogP contribution in [0.15, 0.2) is 29.0 Å². The highest BCUT2D eigenvalue weighted by atomic mass is 19.3. The molecule has 1 fully saturated rings. The average Bonchev–Trinajstić information content (AvgIpc) is 3.38. The Labute approximate surface area is 166 Å². The van der Waals surface area contributed by atoms with Gasteiger partial charge < -0.3 is 9.42 Å². The summed E-state index contributed by atoms with van der Waals surface area (Å²) < 4.78 is 34.0. The van der Waals surface area contributed by atoms with Crippen LogP contribution in [-0.4, -0.2) is 43.8 Å². The normalized spacial score (nSPS) is 16.7. The van der Waals surface area contributed by atoms with Crippen LogP contribution >= 0.6 is 0 Å². The number of aromatic nitrogens is 4. The molecule has 3 aromatic rings. The van der Waals surface area contributed by atoms with Crippen molar-refractivity contribution in [1.29, 1.82) is 0 Å². The Hall–Kier alpha value is -2.84. The molecule has 0 saturated carbocycles. The van der Waals surface area contributed by atoms with Gasteiger partial charge in [0.05, 0.1) is 17.1 Å². The summed E-state index contributed by atoms with van der Waals surface area (Å²) in [7, 11) is 0. The number of piperidine rings is 1. The van der Waals surface area contributed by atoms with Crippen LogP contribution in [0.3, 0.4) is 0 Å². The fourth-order valence-corrected chi connectivity index (χ4v) is 3.97. The van der Waals surface area contributed by atoms with E-state index in [4.69, 9.17) is 4.52 Å². The quantitative estimate of drug-likeness (QED) is 0.643. The van der Waals surface area contributed by atoms with E-state index in [1.165, 1.54) is 6.07 Å². The summed E-state index contributed by atoms with van der Waals surface area (Å²) in [6.45, 7) is 4.75. The third-order valence-electron chi connectivity index (χ3n) is 5.61. The van der Waals surface area contributed by atoms with Gasteiger partial charge in [-0.05, 0) is 38.8 Å². The summed E-state index contributed by atoms with van der Waals surface area (Å²) in [5.41, 5.74) is 1.07. The zero-order chi connectivity index (χ0) is 20.5. The van der Waals surface area contributed by atoms with Crippen molar-refractivity contribution in [3.8, 4) is 0 Å². The van der Waals surface area contributed by atoms with Crippen molar-refractivity contribution >= 4 is 17.0 Å². The van der Waals surface area contributed by atoms with Gasteiger partial charge in [0.15, 0.2) is 0 Å². The summed E-state index contributed by atoms with van der Waals surface area (Å²) in [6.07, 6.45) is 2.65. The van der Waals surface area contributed by atoms with E-state index < -0.39 is 6.43 Å². The number of pyridine rings is 1. The highest BCUT2D eigenvalue weighted by Crippen LogP contribution is 2.35. The molecule has 1 amide bonds. The molecule has 9 heteroatoms. The molecule has 0 radical (unpaired) electrons. The predicted molar refractivity (Wildman–Crippen MR) is 102 cm³/mol. The van der Waals surface area contributed by atoms with Gasteiger partial charge in [-0.1, -0.05) is 5.16 Å². The van der Waals surface area contributed by atoms with Crippen LogP contribution in [0.4, 0.5) is 8.78 Å². The van der Waals surface area contributed by atoms with Crippen LogP contribution in [0.5, 0.6) is 0 Å². The number of hydrogen-bond donors (Lipinski definition) is 0. The fraction of sp³-hybridized carbons (Fsp3) is 0.500. The lowest BCUT2D eigenvalue weighted by atomic mass is 9.91. The molecule has 154 valence electrons. The molecule has 0 aromatic carbocycles. The number of likely N-dealkylation sites (tertiary alicyclic amines) is 1. The predicted octanol–water partition coefficient (Wildman–Crippen LogP) is 4.02. The third-order valence-corrected chi connectivity index (χ3v) is 5.61. The standard InChI is InChI=1S/C20H23F2N5O2/c1-12(27-7-3-6-23-27)10-17(28)26-8-4-14(5-9-26)16-11-15(19(21)22)18-13(2)25-29-20(18)24-16/h3,6-7,11-12,14,19H,4-5,8-10H2,1-2H3/t12-/m1/s1. The molecule has 29 heavy (non-hydrogen) atoms. The molecule has 3 aromatic heterocycles. The maximum atomic E-state index is 13.6. The number of alkyl halides is 2. The van der Waals surface area contributed by atoms with Crippen LogP contribution in [0.1, 0.15) is 61.5 Å². The summed E-state index contributed by atoms with van der Waals surface area (Å²) in [5.74, 6) is 0.0869. The second-order valence-corrected chi connectivity index (χ2v) is 7.58. The molecule has 4 rings (SSSR count). The average molecular weight is 403 g/mol. The van der Waals surface area contributed by atoms with E-state index in [-0.39, 0.29) is 29.1 Å². The van der Waals surface area contributed by atoms with Gasteiger partial charge in [0.25, 0.3) is 12.1 Å². The van der Waals surface area contributed by atoms with Gasteiger partial charge in [0.1, 0.15) is 0 Å². The van der Waals surface area contributed by atoms with Crippen LogP contribution in [0.2, 0.25) is 0 Å². The lowest BCUT2D eigenvalue weighted by Crippen LogP contribution is -2.38. The number of carbonyl (C=O) groups excluding carboxylic acids is 1. The molecule has 1 aliphatic rings. The van der Waals surface area contributed by atoms with E-state index in [1.54, 1.807) is 17.8 Å². The molecule has 1 aliphatic heterocycles. The molecular weight excluding hydrogens is 380 g/mol. The number of rotatable bonds is 5. The van der Waals surface area contributed by atoms with Crippen molar-refractivity contribution < 1.29 is 18.1 Å². The maximum absolute atomic E-state index is 13.6. The highest BCUT2D eigenvalue weighted by Gasteiger charge is 2.28. The maximum Gasteiger partial charge on any atom is 0.264 e. The van der Waals surface area contributed by atoms with Crippen molar-refractivity contribution in [3.05, 3.63) is 41.5 Å². The molecule has 0 unspecified atom stereocenters. The topological polar surface area (TPSA) is 77.0 Å². The SMILES string of the molecule is Cc1noc2nc(C3CCN(C(=O)C[C@@H](C)n4cccn4)CC3)cc(C(F)F)c12. The number of hydrogen-bond acceptors (Lipinski definition) is 5. The van der Waals surface area contributed by atoms with Gasteiger partial charge in [-0.2, -0.15) is 5.10 Å². The third kappa shape index (κ3) is 3.86. The summed E-state index contributed by atoms with van der Waals surface area (Å²) >= 11 is 0. The van der Waals surface area contributed by atoms with Crippen LogP contribution < -0.4 is 0 Å². The van der Waals surface area contributed by atoms with Crippen molar-refractivity contribution in [2.45, 2.75) is 51.5 Å². The second kappa shape index (κ2) is 7.88. The van der Waals surface area contributed by atoms with Crippen LogP contribution in [0.25, 0.3) is 11.1 Å². The Balaban J connectivity index is 1.44. The van der Waals surface area contributed by atoms with Gasteiger partial charge in [0, 0.05) is 49.1 Å². The molecule has 0 spiro atoms. The Bertz CT molecular complexity index is 994. The van der Waals surface area contributed by atoms with E-state index in [2.05, 4.69) is 15.2 Å². The molecule has 7 nitrogen and oxygen atoms in total. The zero-order valence-corrected chi connectivity index (χ0v) is 16.4. The summed E-state index contributed by atoms with van der Waals surface area (Å²) in [5, 5.41) is 8.25. The first-order chi connectivity index (χ1) is 13.9. The van der Waals surface area contributed by atoms with E-state index in [1.807, 2.05) is 24.1 Å².